The molecule has 1 saturated carbocycles. The van der Waals surface area contributed by atoms with Crippen LogP contribution in [0.4, 0.5) is 5.82 Å². The van der Waals surface area contributed by atoms with Crippen molar-refractivity contribution in [3.8, 4) is 0 Å². The highest BCUT2D eigenvalue weighted by Crippen LogP contribution is 2.18. The first-order chi connectivity index (χ1) is 9.52. The molecule has 0 unspecified atom stereocenters. The van der Waals surface area contributed by atoms with E-state index < -0.39 is 0 Å². The Hall–Kier alpha value is -1.95. The number of nitrogens with zero attached hydrogens (tertiary/aromatic N) is 2. The fourth-order valence-corrected chi connectivity index (χ4v) is 1.77. The van der Waals surface area contributed by atoms with E-state index in [9.17, 15) is 9.59 Å². The van der Waals surface area contributed by atoms with Crippen LogP contribution in [0.5, 0.6) is 0 Å². The van der Waals surface area contributed by atoms with Crippen LogP contribution in [-0.4, -0.2) is 47.9 Å². The van der Waals surface area contributed by atoms with Gasteiger partial charge in [0.25, 0.3) is 0 Å². The fraction of sp³-hybridized carbons (Fsp3) is 0.500. The molecule has 1 aliphatic rings. The Morgan fingerprint density at radius 3 is 2.60 bits per heavy atom. The van der Waals surface area contributed by atoms with Crippen LogP contribution in [0, 0.1) is 6.92 Å². The topological polar surface area (TPSA) is 74.3 Å². The van der Waals surface area contributed by atoms with Crippen LogP contribution in [0.2, 0.25) is 0 Å². The summed E-state index contributed by atoms with van der Waals surface area (Å²) in [5, 5.41) is 5.59. The van der Waals surface area contributed by atoms with E-state index >= 15 is 0 Å². The molecule has 0 aromatic carbocycles. The maximum Gasteiger partial charge on any atom is 0.239 e. The summed E-state index contributed by atoms with van der Waals surface area (Å²) in [5.74, 6) is 0.316. The van der Waals surface area contributed by atoms with E-state index in [2.05, 4.69) is 15.6 Å². The Morgan fingerprint density at radius 2 is 2.00 bits per heavy atom. The first kappa shape index (κ1) is 14.5. The average Bonchev–Trinajstić information content (AvgIpc) is 3.15. The number of amides is 2. The second-order valence-corrected chi connectivity index (χ2v) is 5.28. The Labute approximate surface area is 118 Å². The third kappa shape index (κ3) is 4.97. The van der Waals surface area contributed by atoms with Crippen LogP contribution in [0.3, 0.4) is 0 Å². The highest BCUT2D eigenvalue weighted by Gasteiger charge is 2.23. The summed E-state index contributed by atoms with van der Waals surface area (Å²) in [6.07, 6.45) is 3.83. The third-order valence-electron chi connectivity index (χ3n) is 2.95. The lowest BCUT2D eigenvalue weighted by Crippen LogP contribution is -2.39. The number of aromatic nitrogens is 1. The van der Waals surface area contributed by atoms with E-state index in [-0.39, 0.29) is 24.9 Å². The number of anilines is 1. The van der Waals surface area contributed by atoms with E-state index in [1.54, 1.807) is 24.2 Å². The Bertz CT molecular complexity index is 482. The third-order valence-corrected chi connectivity index (χ3v) is 2.95. The number of pyridine rings is 1. The maximum absolute atomic E-state index is 11.8. The lowest BCUT2D eigenvalue weighted by Gasteiger charge is -2.15. The molecule has 6 heteroatoms. The van der Waals surface area contributed by atoms with Gasteiger partial charge in [0.15, 0.2) is 0 Å². The standard InChI is InChI=1S/C14H20N4O2/c1-10-3-6-12(15-7-10)17-14(20)9-18(2)8-13(19)16-11-4-5-11/h3,6-7,11H,4-5,8-9H2,1-2H3,(H,16,19)(H,15,17,20). The zero-order valence-electron chi connectivity index (χ0n) is 11.8. The fourth-order valence-electron chi connectivity index (χ4n) is 1.77. The minimum Gasteiger partial charge on any atom is -0.352 e. The van der Waals surface area contributed by atoms with Gasteiger partial charge in [-0.15, -0.1) is 0 Å². The molecule has 6 nitrogen and oxygen atoms in total. The zero-order chi connectivity index (χ0) is 14.5. The molecule has 2 N–H and O–H groups in total. The van der Waals surface area contributed by atoms with Crippen molar-refractivity contribution in [2.45, 2.75) is 25.8 Å². The number of carbonyl (C=O) groups is 2. The summed E-state index contributed by atoms with van der Waals surface area (Å²) in [6, 6.07) is 3.99. The molecule has 1 aromatic heterocycles. The van der Waals surface area contributed by atoms with Crippen molar-refractivity contribution < 1.29 is 9.59 Å². The molecule has 0 aliphatic heterocycles. The van der Waals surface area contributed by atoms with E-state index in [4.69, 9.17) is 0 Å². The average molecular weight is 276 g/mol. The molecular formula is C14H20N4O2. The van der Waals surface area contributed by atoms with Crippen molar-refractivity contribution >= 4 is 17.6 Å². The summed E-state index contributed by atoms with van der Waals surface area (Å²) in [5.41, 5.74) is 1.04. The number of aryl methyl sites for hydroxylation is 1. The second-order valence-electron chi connectivity index (χ2n) is 5.28. The number of hydrogen-bond donors (Lipinski definition) is 2. The lowest BCUT2D eigenvalue weighted by molar-refractivity contribution is -0.123. The molecule has 20 heavy (non-hydrogen) atoms. The van der Waals surface area contributed by atoms with E-state index in [0.29, 0.717) is 11.9 Å². The quantitative estimate of drug-likeness (QED) is 0.795. The van der Waals surface area contributed by atoms with Crippen molar-refractivity contribution in [1.29, 1.82) is 0 Å². The molecule has 2 rings (SSSR count). The minimum atomic E-state index is -0.178. The van der Waals surface area contributed by atoms with Gasteiger partial charge in [0.05, 0.1) is 13.1 Å². The number of carbonyl (C=O) groups excluding carboxylic acids is 2. The number of rotatable bonds is 6. The van der Waals surface area contributed by atoms with Gasteiger partial charge in [-0.1, -0.05) is 6.07 Å². The van der Waals surface area contributed by atoms with Crippen molar-refractivity contribution in [2.24, 2.45) is 0 Å². The second kappa shape index (κ2) is 6.47. The van der Waals surface area contributed by atoms with Crippen LogP contribution in [0.1, 0.15) is 18.4 Å². The van der Waals surface area contributed by atoms with E-state index in [0.717, 1.165) is 18.4 Å². The molecule has 1 aromatic rings. The Balaban J connectivity index is 1.72. The van der Waals surface area contributed by atoms with Crippen LogP contribution in [-0.2, 0) is 9.59 Å². The van der Waals surface area contributed by atoms with E-state index in [1.165, 1.54) is 0 Å². The molecule has 1 heterocycles. The van der Waals surface area contributed by atoms with Crippen molar-refractivity contribution in [2.75, 3.05) is 25.5 Å². The summed E-state index contributed by atoms with van der Waals surface area (Å²) < 4.78 is 0. The van der Waals surface area contributed by atoms with Crippen LogP contribution in [0.15, 0.2) is 18.3 Å². The van der Waals surface area contributed by atoms with Crippen LogP contribution < -0.4 is 10.6 Å². The molecule has 108 valence electrons. The van der Waals surface area contributed by atoms with Gasteiger partial charge in [-0.2, -0.15) is 0 Å². The monoisotopic (exact) mass is 276 g/mol. The summed E-state index contributed by atoms with van der Waals surface area (Å²) in [6.45, 7) is 2.32. The molecular weight excluding hydrogens is 256 g/mol. The molecule has 2 amide bonds. The van der Waals surface area contributed by atoms with Crippen molar-refractivity contribution in [3.63, 3.8) is 0 Å². The van der Waals surface area contributed by atoms with Gasteiger partial charge >= 0.3 is 0 Å². The maximum atomic E-state index is 11.8. The Morgan fingerprint density at radius 1 is 1.30 bits per heavy atom. The van der Waals surface area contributed by atoms with Crippen molar-refractivity contribution in [1.82, 2.24) is 15.2 Å². The number of nitrogens with one attached hydrogen (secondary N) is 2. The zero-order valence-corrected chi connectivity index (χ0v) is 11.8. The summed E-state index contributed by atoms with van der Waals surface area (Å²) >= 11 is 0. The largest absolute Gasteiger partial charge is 0.352 e. The van der Waals surface area contributed by atoms with Gasteiger partial charge in [0, 0.05) is 12.2 Å². The molecule has 0 bridgehead atoms. The minimum absolute atomic E-state index is 0.0312. The molecule has 0 radical (unpaired) electrons. The smallest absolute Gasteiger partial charge is 0.239 e. The molecule has 0 spiro atoms. The predicted molar refractivity (Wildman–Crippen MR) is 76.3 cm³/mol. The van der Waals surface area contributed by atoms with Crippen molar-refractivity contribution in [3.05, 3.63) is 23.9 Å². The van der Waals surface area contributed by atoms with Gasteiger partial charge in [-0.25, -0.2) is 4.98 Å². The summed E-state index contributed by atoms with van der Waals surface area (Å²) in [7, 11) is 1.74. The van der Waals surface area contributed by atoms with Gasteiger partial charge in [-0.05, 0) is 38.4 Å². The van der Waals surface area contributed by atoms with Crippen LogP contribution in [0.25, 0.3) is 0 Å². The first-order valence-electron chi connectivity index (χ1n) is 6.73. The Kier molecular flexibility index (Phi) is 4.68. The molecule has 0 atom stereocenters. The SMILES string of the molecule is Cc1ccc(NC(=O)CN(C)CC(=O)NC2CC2)nc1. The number of likely N-dealkylation sites (N-methyl/N-ethyl adjacent to an activating group) is 1. The molecule has 1 fully saturated rings. The predicted octanol–water partition coefficient (Wildman–Crippen LogP) is 0.539. The van der Waals surface area contributed by atoms with Gasteiger partial charge in [0.1, 0.15) is 5.82 Å². The van der Waals surface area contributed by atoms with Gasteiger partial charge in [-0.3, -0.25) is 14.5 Å². The summed E-state index contributed by atoms with van der Waals surface area (Å²) in [4.78, 5) is 29.2. The number of hydrogen-bond acceptors (Lipinski definition) is 4. The molecule has 1 aliphatic carbocycles. The highest BCUT2D eigenvalue weighted by molar-refractivity contribution is 5.91. The highest BCUT2D eigenvalue weighted by atomic mass is 16.2. The normalized spacial score (nSPS) is 14.2. The lowest BCUT2D eigenvalue weighted by atomic mass is 10.3. The van der Waals surface area contributed by atoms with Gasteiger partial charge in [0.2, 0.25) is 11.8 Å². The first-order valence-corrected chi connectivity index (χ1v) is 6.73. The van der Waals surface area contributed by atoms with Gasteiger partial charge < -0.3 is 10.6 Å². The molecule has 0 saturated heterocycles. The van der Waals surface area contributed by atoms with E-state index in [1.807, 2.05) is 13.0 Å². The van der Waals surface area contributed by atoms with Crippen LogP contribution >= 0.6 is 0 Å².